The molecule has 2 aromatic rings. The number of carbonyl (C=O) groups is 2. The number of urea groups is 1. The largest absolute Gasteiger partial charge is 0.493 e. The number of benzene rings is 2. The van der Waals surface area contributed by atoms with E-state index in [-0.39, 0.29) is 23.9 Å². The van der Waals surface area contributed by atoms with Crippen molar-refractivity contribution in [3.8, 4) is 5.75 Å². The Morgan fingerprint density at radius 3 is 2.60 bits per heavy atom. The molecule has 25 heavy (non-hydrogen) atoms. The van der Waals surface area contributed by atoms with Crippen LogP contribution in [0.15, 0.2) is 54.6 Å². The summed E-state index contributed by atoms with van der Waals surface area (Å²) in [5, 5.41) is 2.97. The summed E-state index contributed by atoms with van der Waals surface area (Å²) in [7, 11) is 0. The van der Waals surface area contributed by atoms with Crippen LogP contribution in [0.25, 0.3) is 0 Å². The molecule has 2 atom stereocenters. The number of nitrogens with one attached hydrogen (secondary N) is 1. The van der Waals surface area contributed by atoms with Crippen LogP contribution in [-0.4, -0.2) is 36.0 Å². The van der Waals surface area contributed by atoms with Gasteiger partial charge in [-0.25, -0.2) is 4.79 Å². The predicted octanol–water partition coefficient (Wildman–Crippen LogP) is 2.72. The number of hydrogen-bond donors (Lipinski definition) is 1. The number of amides is 3. The van der Waals surface area contributed by atoms with Gasteiger partial charge in [0.25, 0.3) is 0 Å². The molecule has 5 nitrogen and oxygen atoms in total. The van der Waals surface area contributed by atoms with Crippen molar-refractivity contribution in [1.29, 1.82) is 0 Å². The molecule has 2 aliphatic rings. The number of carbonyl (C=O) groups excluding carboxylic acids is 2. The van der Waals surface area contributed by atoms with E-state index >= 15 is 0 Å². The fourth-order valence-electron chi connectivity index (χ4n) is 3.55. The minimum Gasteiger partial charge on any atom is -0.493 e. The van der Waals surface area contributed by atoms with Crippen molar-refractivity contribution in [2.75, 3.05) is 13.2 Å². The molecule has 4 rings (SSSR count). The Bertz CT molecular complexity index is 773. The predicted molar refractivity (Wildman–Crippen MR) is 93.5 cm³/mol. The molecule has 5 heteroatoms. The molecule has 2 aromatic carbocycles. The lowest BCUT2D eigenvalue weighted by molar-refractivity contribution is -0.130. The molecule has 2 heterocycles. The fraction of sp³-hybridized carbons (Fsp3) is 0.300. The van der Waals surface area contributed by atoms with E-state index in [0.29, 0.717) is 26.0 Å². The lowest BCUT2D eigenvalue weighted by Gasteiger charge is -2.32. The molecule has 0 radical (unpaired) electrons. The van der Waals surface area contributed by atoms with Gasteiger partial charge >= 0.3 is 6.03 Å². The summed E-state index contributed by atoms with van der Waals surface area (Å²) < 4.78 is 5.65. The third-order valence-corrected chi connectivity index (χ3v) is 4.82. The number of ether oxygens (including phenoxy) is 1. The van der Waals surface area contributed by atoms with Crippen LogP contribution in [-0.2, 0) is 11.2 Å². The molecule has 0 aromatic heterocycles. The Balaban J connectivity index is 1.42. The van der Waals surface area contributed by atoms with E-state index in [2.05, 4.69) is 5.32 Å². The first-order chi connectivity index (χ1) is 12.2. The maximum absolute atomic E-state index is 12.5. The van der Waals surface area contributed by atoms with Gasteiger partial charge in [0.05, 0.1) is 6.61 Å². The second-order valence-electron chi connectivity index (χ2n) is 6.59. The highest BCUT2D eigenvalue weighted by atomic mass is 16.5. The van der Waals surface area contributed by atoms with E-state index in [1.807, 2.05) is 54.6 Å². The highest BCUT2D eigenvalue weighted by molar-refractivity contribution is 5.97. The first kappa shape index (κ1) is 15.7. The Morgan fingerprint density at radius 2 is 1.80 bits per heavy atom. The second kappa shape index (κ2) is 6.59. The van der Waals surface area contributed by atoms with Crippen molar-refractivity contribution < 1.29 is 14.3 Å². The Kier molecular flexibility index (Phi) is 4.14. The SMILES string of the molecule is O=C1C[C@H](Cc2ccccc2)NC(=O)N1CC1COc2ccccc21. The van der Waals surface area contributed by atoms with Crippen LogP contribution < -0.4 is 10.1 Å². The van der Waals surface area contributed by atoms with E-state index in [1.54, 1.807) is 0 Å². The molecule has 128 valence electrons. The lowest BCUT2D eigenvalue weighted by Crippen LogP contribution is -2.56. The number of imide groups is 1. The summed E-state index contributed by atoms with van der Waals surface area (Å²) in [6.07, 6.45) is 0.997. The van der Waals surface area contributed by atoms with Gasteiger partial charge in [0.15, 0.2) is 0 Å². The van der Waals surface area contributed by atoms with E-state index < -0.39 is 0 Å². The molecule has 1 unspecified atom stereocenters. The van der Waals surface area contributed by atoms with Crippen molar-refractivity contribution >= 4 is 11.9 Å². The molecule has 1 N–H and O–H groups in total. The topological polar surface area (TPSA) is 58.6 Å². The maximum Gasteiger partial charge on any atom is 0.324 e. The van der Waals surface area contributed by atoms with E-state index in [1.165, 1.54) is 4.90 Å². The quantitative estimate of drug-likeness (QED) is 0.934. The zero-order chi connectivity index (χ0) is 17.2. The van der Waals surface area contributed by atoms with Gasteiger partial charge in [-0.05, 0) is 18.1 Å². The number of fused-ring (bicyclic) bond motifs is 1. The monoisotopic (exact) mass is 336 g/mol. The summed E-state index contributed by atoms with van der Waals surface area (Å²) >= 11 is 0. The zero-order valence-corrected chi connectivity index (χ0v) is 13.9. The maximum atomic E-state index is 12.5. The lowest BCUT2D eigenvalue weighted by atomic mass is 9.98. The molecule has 0 aliphatic carbocycles. The zero-order valence-electron chi connectivity index (χ0n) is 13.9. The van der Waals surface area contributed by atoms with Crippen LogP contribution in [0.4, 0.5) is 4.79 Å². The van der Waals surface area contributed by atoms with E-state index in [9.17, 15) is 9.59 Å². The third kappa shape index (κ3) is 3.22. The molecule has 0 bridgehead atoms. The van der Waals surface area contributed by atoms with E-state index in [4.69, 9.17) is 4.74 Å². The number of para-hydroxylation sites is 1. The second-order valence-corrected chi connectivity index (χ2v) is 6.59. The van der Waals surface area contributed by atoms with Crippen LogP contribution >= 0.6 is 0 Å². The minimum atomic E-state index is -0.304. The van der Waals surface area contributed by atoms with Crippen LogP contribution in [0.3, 0.4) is 0 Å². The summed E-state index contributed by atoms with van der Waals surface area (Å²) in [5.41, 5.74) is 2.18. The van der Waals surface area contributed by atoms with Gasteiger partial charge in [0.2, 0.25) is 5.91 Å². The molecule has 0 saturated carbocycles. The standard InChI is InChI=1S/C20H20N2O3/c23-19-11-16(10-14-6-2-1-3-7-14)21-20(24)22(19)12-15-13-25-18-9-5-4-8-17(15)18/h1-9,15-16H,10-13H2,(H,21,24)/t15?,16-/m0/s1. The van der Waals surface area contributed by atoms with Crippen LogP contribution in [0.1, 0.15) is 23.5 Å². The fourth-order valence-corrected chi connectivity index (χ4v) is 3.55. The molecule has 2 aliphatic heterocycles. The molecular weight excluding hydrogens is 316 g/mol. The van der Waals surface area contributed by atoms with Crippen molar-refractivity contribution in [3.05, 3.63) is 65.7 Å². The van der Waals surface area contributed by atoms with Crippen molar-refractivity contribution in [2.24, 2.45) is 0 Å². The van der Waals surface area contributed by atoms with Crippen LogP contribution in [0.5, 0.6) is 5.75 Å². The average Bonchev–Trinajstić information content (AvgIpc) is 3.02. The molecular formula is C20H20N2O3. The van der Waals surface area contributed by atoms with E-state index in [0.717, 1.165) is 16.9 Å². The molecule has 3 amide bonds. The van der Waals surface area contributed by atoms with Gasteiger partial charge in [-0.15, -0.1) is 0 Å². The van der Waals surface area contributed by atoms with Gasteiger partial charge in [-0.2, -0.15) is 0 Å². The molecule has 1 fully saturated rings. The summed E-state index contributed by atoms with van der Waals surface area (Å²) in [6, 6.07) is 17.2. The third-order valence-electron chi connectivity index (χ3n) is 4.82. The summed E-state index contributed by atoms with van der Waals surface area (Å²) in [4.78, 5) is 26.3. The summed E-state index contributed by atoms with van der Waals surface area (Å²) in [6.45, 7) is 0.865. The van der Waals surface area contributed by atoms with Crippen molar-refractivity contribution in [3.63, 3.8) is 0 Å². The number of rotatable bonds is 4. The van der Waals surface area contributed by atoms with Gasteiger partial charge in [0, 0.05) is 30.5 Å². The number of nitrogens with zero attached hydrogens (tertiary/aromatic N) is 1. The Labute approximate surface area is 146 Å². The van der Waals surface area contributed by atoms with Gasteiger partial charge < -0.3 is 10.1 Å². The van der Waals surface area contributed by atoms with Gasteiger partial charge in [0.1, 0.15) is 5.75 Å². The first-order valence-electron chi connectivity index (χ1n) is 8.57. The molecule has 1 saturated heterocycles. The minimum absolute atomic E-state index is 0.0385. The average molecular weight is 336 g/mol. The van der Waals surface area contributed by atoms with Crippen molar-refractivity contribution in [1.82, 2.24) is 10.2 Å². The highest BCUT2D eigenvalue weighted by Crippen LogP contribution is 2.34. The first-order valence-corrected chi connectivity index (χ1v) is 8.57. The van der Waals surface area contributed by atoms with Crippen molar-refractivity contribution in [2.45, 2.75) is 24.8 Å². The Morgan fingerprint density at radius 1 is 1.04 bits per heavy atom. The highest BCUT2D eigenvalue weighted by Gasteiger charge is 2.35. The van der Waals surface area contributed by atoms with Crippen LogP contribution in [0, 0.1) is 0 Å². The van der Waals surface area contributed by atoms with Gasteiger partial charge in [-0.3, -0.25) is 9.69 Å². The Hall–Kier alpha value is -2.82. The summed E-state index contributed by atoms with van der Waals surface area (Å²) in [5.74, 6) is 0.768. The van der Waals surface area contributed by atoms with Crippen LogP contribution in [0.2, 0.25) is 0 Å². The van der Waals surface area contributed by atoms with Gasteiger partial charge in [-0.1, -0.05) is 48.5 Å². The number of hydrogen-bond acceptors (Lipinski definition) is 3. The normalized spacial score (nSPS) is 22.3. The molecule has 0 spiro atoms. The smallest absolute Gasteiger partial charge is 0.324 e.